The van der Waals surface area contributed by atoms with Crippen LogP contribution in [0.2, 0.25) is 0 Å². The molecule has 3 N–H and O–H groups in total. The van der Waals surface area contributed by atoms with E-state index >= 15 is 0 Å². The largest absolute Gasteiger partial charge is 0.508 e. The number of carbonyl (C=O) groups is 2. The minimum atomic E-state index is -1.12. The Kier molecular flexibility index (Phi) is 5.78. The summed E-state index contributed by atoms with van der Waals surface area (Å²) in [6.07, 6.45) is 1.58. The summed E-state index contributed by atoms with van der Waals surface area (Å²) in [4.78, 5) is 24.7. The number of hydrogen-bond donors (Lipinski definition) is 3. The minimum Gasteiger partial charge on any atom is -0.508 e. The van der Waals surface area contributed by atoms with Gasteiger partial charge >= 0.3 is 12.0 Å². The number of aromatic hydroxyl groups is 1. The van der Waals surface area contributed by atoms with Crippen molar-refractivity contribution in [3.63, 3.8) is 0 Å². The standard InChI is InChI=1S/C15H20N2O4/c1-4-6-12(14(19)20)16-15(21)17(5-2)13-9-11(18)8-7-10(13)3/h4,7-9,12,18H,1,5-6H2,2-3H3,(H,16,21)(H,19,20). The maximum atomic E-state index is 12.3. The number of hydrogen-bond acceptors (Lipinski definition) is 3. The van der Waals surface area contributed by atoms with E-state index in [-0.39, 0.29) is 12.2 Å². The monoisotopic (exact) mass is 292 g/mol. The van der Waals surface area contributed by atoms with Gasteiger partial charge in [-0.1, -0.05) is 12.1 Å². The van der Waals surface area contributed by atoms with Crippen LogP contribution in [0.3, 0.4) is 0 Å². The second kappa shape index (κ2) is 7.33. The van der Waals surface area contributed by atoms with Gasteiger partial charge in [0.2, 0.25) is 0 Å². The van der Waals surface area contributed by atoms with Crippen LogP contribution in [0.25, 0.3) is 0 Å². The van der Waals surface area contributed by atoms with E-state index in [1.165, 1.54) is 23.1 Å². The van der Waals surface area contributed by atoms with E-state index in [1.54, 1.807) is 13.0 Å². The van der Waals surface area contributed by atoms with Gasteiger partial charge in [-0.25, -0.2) is 9.59 Å². The quantitative estimate of drug-likeness (QED) is 0.702. The van der Waals surface area contributed by atoms with Gasteiger partial charge < -0.3 is 15.5 Å². The number of urea groups is 1. The molecule has 114 valence electrons. The lowest BCUT2D eigenvalue weighted by Gasteiger charge is -2.25. The van der Waals surface area contributed by atoms with Crippen LogP contribution < -0.4 is 10.2 Å². The smallest absolute Gasteiger partial charge is 0.326 e. The molecule has 6 heteroatoms. The summed E-state index contributed by atoms with van der Waals surface area (Å²) in [5, 5.41) is 21.1. The molecule has 0 bridgehead atoms. The number of phenolic OH excluding ortho intramolecular Hbond substituents is 1. The summed E-state index contributed by atoms with van der Waals surface area (Å²) in [5.74, 6) is -1.07. The first kappa shape index (κ1) is 16.6. The first-order chi connectivity index (χ1) is 9.90. The number of anilines is 1. The van der Waals surface area contributed by atoms with Crippen LogP contribution in [-0.4, -0.2) is 34.8 Å². The summed E-state index contributed by atoms with van der Waals surface area (Å²) in [7, 11) is 0. The van der Waals surface area contributed by atoms with Crippen molar-refractivity contribution in [1.29, 1.82) is 0 Å². The molecule has 1 atom stereocenters. The number of aryl methyl sites for hydroxylation is 1. The summed E-state index contributed by atoms with van der Waals surface area (Å²) >= 11 is 0. The lowest BCUT2D eigenvalue weighted by molar-refractivity contribution is -0.139. The molecule has 6 nitrogen and oxygen atoms in total. The molecule has 1 rings (SSSR count). The number of nitrogens with one attached hydrogen (secondary N) is 1. The molecule has 0 spiro atoms. The number of benzene rings is 1. The van der Waals surface area contributed by atoms with E-state index in [1.807, 2.05) is 6.92 Å². The number of rotatable bonds is 6. The van der Waals surface area contributed by atoms with E-state index in [2.05, 4.69) is 11.9 Å². The number of carboxylic acids is 1. The Labute approximate surface area is 123 Å². The van der Waals surface area contributed by atoms with Crippen molar-refractivity contribution >= 4 is 17.7 Å². The number of nitrogens with zero attached hydrogens (tertiary/aromatic N) is 1. The lowest BCUT2D eigenvalue weighted by Crippen LogP contribution is -2.48. The molecule has 2 amide bonds. The molecule has 0 aliphatic carbocycles. The number of carboxylic acid groups (broad SMARTS) is 1. The third-order valence-corrected chi connectivity index (χ3v) is 3.04. The predicted octanol–water partition coefficient (Wildman–Crippen LogP) is 2.27. The molecule has 0 radical (unpaired) electrons. The molecule has 1 aromatic carbocycles. The van der Waals surface area contributed by atoms with Crippen molar-refractivity contribution in [2.24, 2.45) is 0 Å². The third-order valence-electron chi connectivity index (χ3n) is 3.04. The molecular formula is C15H20N2O4. The van der Waals surface area contributed by atoms with Crippen molar-refractivity contribution in [3.05, 3.63) is 36.4 Å². The lowest BCUT2D eigenvalue weighted by atomic mass is 10.1. The highest BCUT2D eigenvalue weighted by molar-refractivity contribution is 5.95. The molecule has 0 saturated heterocycles. The molecule has 1 aromatic rings. The SMILES string of the molecule is C=CCC(NC(=O)N(CC)c1cc(O)ccc1C)C(=O)O. The van der Waals surface area contributed by atoms with Gasteiger partial charge in [0.25, 0.3) is 0 Å². The van der Waals surface area contributed by atoms with Crippen molar-refractivity contribution in [2.75, 3.05) is 11.4 Å². The average Bonchev–Trinajstić information content (AvgIpc) is 2.42. The van der Waals surface area contributed by atoms with Gasteiger partial charge in [0.15, 0.2) is 0 Å². The molecule has 0 fully saturated rings. The highest BCUT2D eigenvalue weighted by Crippen LogP contribution is 2.25. The third kappa shape index (κ3) is 4.24. The fourth-order valence-electron chi connectivity index (χ4n) is 1.93. The van der Waals surface area contributed by atoms with Crippen LogP contribution in [0, 0.1) is 6.92 Å². The number of aliphatic carboxylic acids is 1. The van der Waals surface area contributed by atoms with Crippen molar-refractivity contribution < 1.29 is 19.8 Å². The van der Waals surface area contributed by atoms with Crippen LogP contribution in [-0.2, 0) is 4.79 Å². The minimum absolute atomic E-state index is 0.0442. The summed E-state index contributed by atoms with van der Waals surface area (Å²) in [5.41, 5.74) is 1.35. The van der Waals surface area contributed by atoms with Gasteiger partial charge in [0.1, 0.15) is 11.8 Å². The zero-order valence-corrected chi connectivity index (χ0v) is 12.2. The summed E-state index contributed by atoms with van der Waals surface area (Å²) < 4.78 is 0. The first-order valence-electron chi connectivity index (χ1n) is 6.62. The molecule has 21 heavy (non-hydrogen) atoms. The Balaban J connectivity index is 2.98. The van der Waals surface area contributed by atoms with Crippen LogP contribution in [0.15, 0.2) is 30.9 Å². The van der Waals surface area contributed by atoms with Gasteiger partial charge in [-0.3, -0.25) is 4.90 Å². The van der Waals surface area contributed by atoms with E-state index in [0.717, 1.165) is 5.56 Å². The zero-order chi connectivity index (χ0) is 16.0. The molecular weight excluding hydrogens is 272 g/mol. The molecule has 0 aliphatic rings. The Bertz CT molecular complexity index is 542. The highest BCUT2D eigenvalue weighted by atomic mass is 16.4. The number of amides is 2. The molecule has 0 aromatic heterocycles. The second-order valence-electron chi connectivity index (χ2n) is 4.58. The average molecular weight is 292 g/mol. The van der Waals surface area contributed by atoms with E-state index in [4.69, 9.17) is 5.11 Å². The van der Waals surface area contributed by atoms with Crippen molar-refractivity contribution in [1.82, 2.24) is 5.32 Å². The van der Waals surface area contributed by atoms with E-state index < -0.39 is 18.0 Å². The van der Waals surface area contributed by atoms with Gasteiger partial charge in [-0.15, -0.1) is 6.58 Å². The fourth-order valence-corrected chi connectivity index (χ4v) is 1.93. The normalized spacial score (nSPS) is 11.5. The Morgan fingerprint density at radius 3 is 2.67 bits per heavy atom. The van der Waals surface area contributed by atoms with Gasteiger partial charge in [0.05, 0.1) is 5.69 Å². The molecule has 0 aliphatic heterocycles. The highest BCUT2D eigenvalue weighted by Gasteiger charge is 2.23. The number of carbonyl (C=O) groups excluding carboxylic acids is 1. The predicted molar refractivity (Wildman–Crippen MR) is 80.6 cm³/mol. The second-order valence-corrected chi connectivity index (χ2v) is 4.58. The van der Waals surface area contributed by atoms with E-state index in [9.17, 15) is 14.7 Å². The van der Waals surface area contributed by atoms with Crippen LogP contribution in [0.4, 0.5) is 10.5 Å². The van der Waals surface area contributed by atoms with E-state index in [0.29, 0.717) is 12.2 Å². The van der Waals surface area contributed by atoms with Crippen molar-refractivity contribution in [2.45, 2.75) is 26.3 Å². The molecule has 0 heterocycles. The molecule has 1 unspecified atom stereocenters. The van der Waals surface area contributed by atoms with Gasteiger partial charge in [-0.05, 0) is 31.9 Å². The Morgan fingerprint density at radius 1 is 1.48 bits per heavy atom. The van der Waals surface area contributed by atoms with Crippen LogP contribution in [0.1, 0.15) is 18.9 Å². The maximum Gasteiger partial charge on any atom is 0.326 e. The van der Waals surface area contributed by atoms with Crippen LogP contribution >= 0.6 is 0 Å². The van der Waals surface area contributed by atoms with Crippen molar-refractivity contribution in [3.8, 4) is 5.75 Å². The topological polar surface area (TPSA) is 89.9 Å². The first-order valence-corrected chi connectivity index (χ1v) is 6.62. The molecule has 0 saturated carbocycles. The van der Waals surface area contributed by atoms with Crippen LogP contribution in [0.5, 0.6) is 5.75 Å². The van der Waals surface area contributed by atoms with Gasteiger partial charge in [-0.2, -0.15) is 0 Å². The summed E-state index contributed by atoms with van der Waals surface area (Å²) in [6.45, 7) is 7.40. The zero-order valence-electron chi connectivity index (χ0n) is 12.2. The number of phenols is 1. The fraction of sp³-hybridized carbons (Fsp3) is 0.333. The van der Waals surface area contributed by atoms with Gasteiger partial charge in [0, 0.05) is 12.6 Å². The Hall–Kier alpha value is -2.50. The summed E-state index contributed by atoms with van der Waals surface area (Å²) in [6, 6.07) is 3.14. The maximum absolute atomic E-state index is 12.3. The Morgan fingerprint density at radius 2 is 2.14 bits per heavy atom.